The monoisotopic (exact) mass is 439 g/mol. The van der Waals surface area contributed by atoms with E-state index in [2.05, 4.69) is 15.1 Å². The Balaban J connectivity index is 2.38. The lowest BCUT2D eigenvalue weighted by Gasteiger charge is -2.12. The van der Waals surface area contributed by atoms with Gasteiger partial charge in [0.15, 0.2) is 5.69 Å². The molecular weight excluding hydrogens is 414 g/mol. The zero-order valence-corrected chi connectivity index (χ0v) is 18.0. The van der Waals surface area contributed by atoms with Crippen LogP contribution in [-0.4, -0.2) is 42.1 Å². The number of hydrogen-bond acceptors (Lipinski definition) is 7. The summed E-state index contributed by atoms with van der Waals surface area (Å²) >= 11 is 0. The molecule has 0 bridgehead atoms. The van der Waals surface area contributed by atoms with Gasteiger partial charge in [-0.2, -0.15) is 5.10 Å². The summed E-state index contributed by atoms with van der Waals surface area (Å²) in [5.74, 6) is -0.154. The van der Waals surface area contributed by atoms with Crippen molar-refractivity contribution in [1.82, 2.24) is 19.8 Å². The third kappa shape index (κ3) is 5.76. The predicted octanol–water partition coefficient (Wildman–Crippen LogP) is 2.19. The highest BCUT2D eigenvalue weighted by atomic mass is 32.2. The number of ether oxygens (including phenoxy) is 1. The molecule has 0 radical (unpaired) electrons. The van der Waals surface area contributed by atoms with E-state index in [4.69, 9.17) is 4.74 Å². The Kier molecular flexibility index (Phi) is 7.51. The van der Waals surface area contributed by atoms with Crippen LogP contribution in [0.25, 0.3) is 0 Å². The number of benzene rings is 1. The van der Waals surface area contributed by atoms with E-state index in [1.807, 2.05) is 13.8 Å². The maximum atomic E-state index is 12.6. The summed E-state index contributed by atoms with van der Waals surface area (Å²) in [4.78, 5) is 22.2. The van der Waals surface area contributed by atoms with Gasteiger partial charge in [-0.3, -0.25) is 14.9 Å². The van der Waals surface area contributed by atoms with Gasteiger partial charge in [0.2, 0.25) is 15.9 Å². The first-order valence-electron chi connectivity index (χ1n) is 9.33. The van der Waals surface area contributed by atoms with Crippen LogP contribution < -0.4 is 14.8 Å². The Morgan fingerprint density at radius 3 is 2.63 bits per heavy atom. The SMILES string of the molecule is CCCNS(=O)(=O)c1cc([N+](=O)[O-])ccc1Oc1cc(C(=O)NCC(C)C)nn1C. The number of sulfonamides is 1. The summed E-state index contributed by atoms with van der Waals surface area (Å²) in [6, 6.07) is 4.64. The molecule has 1 aromatic heterocycles. The first-order chi connectivity index (χ1) is 14.0. The number of non-ortho nitro benzene ring substituents is 1. The standard InChI is InChI=1S/C18H25N5O6S/c1-5-8-20-30(27,28)16-9-13(23(25)26)6-7-15(16)29-17-10-14(21-22(17)4)18(24)19-11-12(2)3/h6-7,9-10,12,20H,5,8,11H2,1-4H3,(H,19,24). The van der Waals surface area contributed by atoms with Gasteiger partial charge >= 0.3 is 0 Å². The molecule has 0 fully saturated rings. The van der Waals surface area contributed by atoms with Gasteiger partial charge in [-0.15, -0.1) is 0 Å². The molecule has 2 aromatic rings. The number of hydrogen-bond donors (Lipinski definition) is 2. The highest BCUT2D eigenvalue weighted by molar-refractivity contribution is 7.89. The molecule has 0 saturated heterocycles. The van der Waals surface area contributed by atoms with Gasteiger partial charge in [-0.05, 0) is 18.4 Å². The van der Waals surface area contributed by atoms with Gasteiger partial charge in [-0.25, -0.2) is 17.8 Å². The Morgan fingerprint density at radius 1 is 1.33 bits per heavy atom. The van der Waals surface area contributed by atoms with E-state index < -0.39 is 26.5 Å². The summed E-state index contributed by atoms with van der Waals surface area (Å²) in [5.41, 5.74) is -0.290. The van der Waals surface area contributed by atoms with E-state index in [1.165, 1.54) is 23.9 Å². The summed E-state index contributed by atoms with van der Waals surface area (Å²) in [5, 5.41) is 17.9. The summed E-state index contributed by atoms with van der Waals surface area (Å²) in [6.45, 7) is 6.33. The van der Waals surface area contributed by atoms with Crippen molar-refractivity contribution in [2.45, 2.75) is 32.1 Å². The number of nitrogens with zero attached hydrogens (tertiary/aromatic N) is 3. The Morgan fingerprint density at radius 2 is 2.03 bits per heavy atom. The molecule has 0 aliphatic carbocycles. The van der Waals surface area contributed by atoms with E-state index in [9.17, 15) is 23.3 Å². The molecule has 30 heavy (non-hydrogen) atoms. The molecule has 1 amide bonds. The molecule has 1 heterocycles. The van der Waals surface area contributed by atoms with Crippen LogP contribution in [-0.2, 0) is 17.1 Å². The molecule has 0 spiro atoms. The molecule has 164 valence electrons. The van der Waals surface area contributed by atoms with E-state index in [-0.39, 0.29) is 34.7 Å². The largest absolute Gasteiger partial charge is 0.438 e. The van der Waals surface area contributed by atoms with Gasteiger partial charge in [0.05, 0.1) is 4.92 Å². The number of carbonyl (C=O) groups excluding carboxylic acids is 1. The Hall–Kier alpha value is -2.99. The van der Waals surface area contributed by atoms with Gasteiger partial charge in [-0.1, -0.05) is 20.8 Å². The molecule has 0 saturated carbocycles. The number of nitro groups is 1. The molecule has 0 unspecified atom stereocenters. The van der Waals surface area contributed by atoms with Crippen LogP contribution in [0.3, 0.4) is 0 Å². The number of rotatable bonds is 10. The number of nitrogens with one attached hydrogen (secondary N) is 2. The molecular formula is C18H25N5O6S. The van der Waals surface area contributed by atoms with Crippen molar-refractivity contribution in [1.29, 1.82) is 0 Å². The summed E-state index contributed by atoms with van der Waals surface area (Å²) in [7, 11) is -2.53. The van der Waals surface area contributed by atoms with Gasteiger partial charge in [0.1, 0.15) is 10.6 Å². The van der Waals surface area contributed by atoms with Crippen molar-refractivity contribution in [2.24, 2.45) is 13.0 Å². The van der Waals surface area contributed by atoms with Crippen molar-refractivity contribution in [3.8, 4) is 11.6 Å². The second-order valence-electron chi connectivity index (χ2n) is 6.98. The fourth-order valence-electron chi connectivity index (χ4n) is 2.38. The van der Waals surface area contributed by atoms with Crippen LogP contribution in [0.5, 0.6) is 11.6 Å². The number of nitro benzene ring substituents is 1. The maximum Gasteiger partial charge on any atom is 0.271 e. The van der Waals surface area contributed by atoms with E-state index in [0.29, 0.717) is 13.0 Å². The van der Waals surface area contributed by atoms with Crippen LogP contribution in [0.15, 0.2) is 29.2 Å². The number of aryl methyl sites for hydroxylation is 1. The maximum absolute atomic E-state index is 12.6. The zero-order chi connectivity index (χ0) is 22.5. The molecule has 2 N–H and O–H groups in total. The fourth-order valence-corrected chi connectivity index (χ4v) is 3.65. The molecule has 1 aromatic carbocycles. The topological polar surface area (TPSA) is 145 Å². The number of carbonyl (C=O) groups is 1. The van der Waals surface area contributed by atoms with Gasteiger partial charge < -0.3 is 10.1 Å². The van der Waals surface area contributed by atoms with Crippen molar-refractivity contribution in [2.75, 3.05) is 13.1 Å². The van der Waals surface area contributed by atoms with E-state index in [0.717, 1.165) is 12.1 Å². The Bertz CT molecular complexity index is 1030. The second kappa shape index (κ2) is 9.67. The summed E-state index contributed by atoms with van der Waals surface area (Å²) < 4.78 is 34.6. The molecule has 0 aliphatic rings. The normalized spacial score (nSPS) is 11.5. The second-order valence-corrected chi connectivity index (χ2v) is 8.72. The average Bonchev–Trinajstić information content (AvgIpc) is 3.05. The van der Waals surface area contributed by atoms with Gasteiger partial charge in [0.25, 0.3) is 11.6 Å². The van der Waals surface area contributed by atoms with Crippen molar-refractivity contribution >= 4 is 21.6 Å². The summed E-state index contributed by atoms with van der Waals surface area (Å²) in [6.07, 6.45) is 0.543. The molecule has 2 rings (SSSR count). The van der Waals surface area contributed by atoms with Crippen molar-refractivity contribution in [3.05, 3.63) is 40.1 Å². The smallest absolute Gasteiger partial charge is 0.271 e. The van der Waals surface area contributed by atoms with Crippen molar-refractivity contribution < 1.29 is 22.9 Å². The minimum atomic E-state index is -4.06. The third-order valence-corrected chi connectivity index (χ3v) is 5.41. The highest BCUT2D eigenvalue weighted by Gasteiger charge is 2.24. The first kappa shape index (κ1) is 23.3. The lowest BCUT2D eigenvalue weighted by Crippen LogP contribution is -2.27. The highest BCUT2D eigenvalue weighted by Crippen LogP contribution is 2.32. The molecule has 0 atom stereocenters. The number of amides is 1. The lowest BCUT2D eigenvalue weighted by molar-refractivity contribution is -0.385. The van der Waals surface area contributed by atoms with E-state index in [1.54, 1.807) is 6.92 Å². The third-order valence-electron chi connectivity index (χ3n) is 3.92. The Labute approximate surface area is 174 Å². The molecule has 0 aliphatic heterocycles. The quantitative estimate of drug-likeness (QED) is 0.426. The minimum Gasteiger partial charge on any atom is -0.438 e. The van der Waals surface area contributed by atoms with E-state index >= 15 is 0 Å². The lowest BCUT2D eigenvalue weighted by atomic mass is 10.2. The minimum absolute atomic E-state index is 0.101. The number of aromatic nitrogens is 2. The average molecular weight is 439 g/mol. The van der Waals surface area contributed by atoms with Crippen LogP contribution in [0.1, 0.15) is 37.7 Å². The van der Waals surface area contributed by atoms with Crippen molar-refractivity contribution in [3.63, 3.8) is 0 Å². The van der Waals surface area contributed by atoms with Crippen LogP contribution in [0.2, 0.25) is 0 Å². The fraction of sp³-hybridized carbons (Fsp3) is 0.444. The van der Waals surface area contributed by atoms with Crippen LogP contribution in [0, 0.1) is 16.0 Å². The first-order valence-corrected chi connectivity index (χ1v) is 10.8. The predicted molar refractivity (Wildman–Crippen MR) is 109 cm³/mol. The zero-order valence-electron chi connectivity index (χ0n) is 17.2. The van der Waals surface area contributed by atoms with Gasteiger partial charge in [0, 0.05) is 38.3 Å². The molecule has 12 heteroatoms. The molecule has 11 nitrogen and oxygen atoms in total. The van der Waals surface area contributed by atoms with Crippen LogP contribution >= 0.6 is 0 Å². The van der Waals surface area contributed by atoms with Crippen LogP contribution in [0.4, 0.5) is 5.69 Å².